The van der Waals surface area contributed by atoms with Gasteiger partial charge in [0, 0.05) is 0 Å². The Kier molecular flexibility index (Phi) is 7.84. The van der Waals surface area contributed by atoms with Crippen molar-refractivity contribution in [3.8, 4) is 23.0 Å². The number of rotatable bonds is 11. The molecule has 0 aromatic heterocycles. The maximum atomic E-state index is 11.6. The van der Waals surface area contributed by atoms with E-state index in [4.69, 9.17) is 18.9 Å². The van der Waals surface area contributed by atoms with Crippen LogP contribution in [0.5, 0.6) is 23.0 Å². The summed E-state index contributed by atoms with van der Waals surface area (Å²) in [7, 11) is 2.71. The summed E-state index contributed by atoms with van der Waals surface area (Å²) in [6.45, 7) is -0.512. The minimum atomic E-state index is -1.80. The first-order chi connectivity index (χ1) is 14.3. The normalized spacial score (nSPS) is 12.7. The Bertz CT molecular complexity index is 822. The number of aromatic hydroxyl groups is 2. The minimum absolute atomic E-state index is 0.105. The van der Waals surface area contributed by atoms with E-state index in [1.54, 1.807) is 0 Å². The van der Waals surface area contributed by atoms with Gasteiger partial charge in [0.1, 0.15) is 0 Å². The Morgan fingerprint density at radius 3 is 1.43 bits per heavy atom. The van der Waals surface area contributed by atoms with Crippen LogP contribution >= 0.6 is 0 Å². The predicted molar refractivity (Wildman–Crippen MR) is 102 cm³/mol. The van der Waals surface area contributed by atoms with Crippen LogP contribution in [-0.2, 0) is 32.3 Å². The minimum Gasteiger partial charge on any atom is -0.504 e. The largest absolute Gasteiger partial charge is 0.504 e. The monoisotopic (exact) mass is 422 g/mol. The summed E-state index contributed by atoms with van der Waals surface area (Å²) in [5, 5.41) is 38.1. The van der Waals surface area contributed by atoms with Crippen molar-refractivity contribution in [3.05, 3.63) is 47.5 Å². The third-order valence-electron chi connectivity index (χ3n) is 4.11. The third-order valence-corrected chi connectivity index (χ3v) is 4.11. The molecule has 10 nitrogen and oxygen atoms in total. The van der Waals surface area contributed by atoms with Crippen LogP contribution in [0.3, 0.4) is 0 Å². The molecule has 0 radical (unpaired) electrons. The SMILES string of the molecule is COc1cc(CO[C@@H](C(=O)O)[C@@H](OCc2ccc(O)c(OC)c2)C(=O)O)ccc1O. The lowest BCUT2D eigenvalue weighted by atomic mass is 10.1. The summed E-state index contributed by atoms with van der Waals surface area (Å²) in [4.78, 5) is 23.2. The smallest absolute Gasteiger partial charge is 0.336 e. The van der Waals surface area contributed by atoms with Crippen molar-refractivity contribution in [1.29, 1.82) is 0 Å². The molecule has 2 rings (SSSR count). The lowest BCUT2D eigenvalue weighted by Crippen LogP contribution is -2.43. The fourth-order valence-corrected chi connectivity index (χ4v) is 2.57. The fraction of sp³-hybridized carbons (Fsp3) is 0.300. The first-order valence-electron chi connectivity index (χ1n) is 8.67. The number of phenols is 2. The highest BCUT2D eigenvalue weighted by molar-refractivity contribution is 5.83. The molecule has 2 atom stereocenters. The van der Waals surface area contributed by atoms with Crippen molar-refractivity contribution in [2.75, 3.05) is 14.2 Å². The molecule has 10 heteroatoms. The number of aliphatic carboxylic acids is 2. The van der Waals surface area contributed by atoms with Gasteiger partial charge in [-0.15, -0.1) is 0 Å². The van der Waals surface area contributed by atoms with Crippen LogP contribution in [0.1, 0.15) is 11.1 Å². The van der Waals surface area contributed by atoms with Gasteiger partial charge in [-0.3, -0.25) is 0 Å². The highest BCUT2D eigenvalue weighted by Crippen LogP contribution is 2.28. The number of carbonyl (C=O) groups is 2. The molecular formula is C20H22O10. The topological polar surface area (TPSA) is 152 Å². The van der Waals surface area contributed by atoms with E-state index in [-0.39, 0.29) is 36.2 Å². The van der Waals surface area contributed by atoms with Gasteiger partial charge in [-0.1, -0.05) is 12.1 Å². The number of benzene rings is 2. The van der Waals surface area contributed by atoms with Crippen molar-refractivity contribution < 1.29 is 49.0 Å². The molecule has 162 valence electrons. The Hall–Kier alpha value is -3.50. The summed E-state index contributed by atoms with van der Waals surface area (Å²) in [6, 6.07) is 8.53. The second-order valence-corrected chi connectivity index (χ2v) is 6.15. The Balaban J connectivity index is 2.11. The zero-order chi connectivity index (χ0) is 22.3. The van der Waals surface area contributed by atoms with E-state index in [1.807, 2.05) is 0 Å². The predicted octanol–water partition coefficient (Wildman–Crippen LogP) is 1.75. The summed E-state index contributed by atoms with van der Waals surface area (Å²) in [6.07, 6.45) is -3.61. The molecule has 2 aromatic carbocycles. The van der Waals surface area contributed by atoms with Gasteiger partial charge in [0.25, 0.3) is 0 Å². The molecule has 0 saturated carbocycles. The van der Waals surface area contributed by atoms with Crippen molar-refractivity contribution >= 4 is 11.9 Å². The third kappa shape index (κ3) is 5.75. The van der Waals surface area contributed by atoms with Crippen LogP contribution in [-0.4, -0.2) is 58.8 Å². The number of ether oxygens (including phenoxy) is 4. The Morgan fingerprint density at radius 2 is 1.13 bits per heavy atom. The summed E-state index contributed by atoms with van der Waals surface area (Å²) in [5.74, 6) is -2.92. The number of hydrogen-bond acceptors (Lipinski definition) is 8. The molecule has 0 aliphatic heterocycles. The van der Waals surface area contributed by atoms with E-state index in [2.05, 4.69) is 0 Å². The molecule has 0 spiro atoms. The van der Waals surface area contributed by atoms with Gasteiger partial charge in [0.15, 0.2) is 35.2 Å². The highest BCUT2D eigenvalue weighted by atomic mass is 16.6. The maximum absolute atomic E-state index is 11.6. The standard InChI is InChI=1S/C20H22O10/c1-27-15-7-11(3-5-13(15)21)9-29-17(19(23)24)18(20(25)26)30-10-12-4-6-14(22)16(8-12)28-2/h3-8,17-18,21-22H,9-10H2,1-2H3,(H,23,24)(H,25,26)/t17-,18-/m1/s1. The number of hydrogen-bond donors (Lipinski definition) is 4. The molecule has 0 fully saturated rings. The van der Waals surface area contributed by atoms with Crippen LogP contribution in [0.15, 0.2) is 36.4 Å². The van der Waals surface area contributed by atoms with Crippen molar-refractivity contribution in [2.45, 2.75) is 25.4 Å². The molecule has 4 N–H and O–H groups in total. The van der Waals surface area contributed by atoms with E-state index in [9.17, 15) is 30.0 Å². The van der Waals surface area contributed by atoms with Crippen LogP contribution in [0.2, 0.25) is 0 Å². The van der Waals surface area contributed by atoms with Gasteiger partial charge < -0.3 is 39.4 Å². The lowest BCUT2D eigenvalue weighted by Gasteiger charge is -2.21. The molecule has 0 amide bonds. The van der Waals surface area contributed by atoms with Crippen molar-refractivity contribution in [2.24, 2.45) is 0 Å². The van der Waals surface area contributed by atoms with E-state index in [0.29, 0.717) is 11.1 Å². The van der Waals surface area contributed by atoms with Gasteiger partial charge in [0.05, 0.1) is 27.4 Å². The van der Waals surface area contributed by atoms with E-state index < -0.39 is 24.1 Å². The molecule has 0 aliphatic rings. The second kappa shape index (κ2) is 10.3. The maximum Gasteiger partial charge on any atom is 0.336 e. The van der Waals surface area contributed by atoms with Crippen molar-refractivity contribution in [1.82, 2.24) is 0 Å². The number of carboxylic acids is 2. The summed E-state index contributed by atoms with van der Waals surface area (Å²) >= 11 is 0. The van der Waals surface area contributed by atoms with E-state index >= 15 is 0 Å². The van der Waals surface area contributed by atoms with Crippen LogP contribution in [0.25, 0.3) is 0 Å². The Morgan fingerprint density at radius 1 is 0.767 bits per heavy atom. The fourth-order valence-electron chi connectivity index (χ4n) is 2.57. The number of carboxylic acid groups (broad SMARTS) is 2. The first-order valence-corrected chi connectivity index (χ1v) is 8.67. The molecule has 0 aliphatic carbocycles. The molecular weight excluding hydrogens is 400 g/mol. The van der Waals surface area contributed by atoms with Gasteiger partial charge >= 0.3 is 11.9 Å². The summed E-state index contributed by atoms with van der Waals surface area (Å²) < 4.78 is 20.5. The zero-order valence-electron chi connectivity index (χ0n) is 16.3. The van der Waals surface area contributed by atoms with Crippen LogP contribution in [0.4, 0.5) is 0 Å². The first kappa shape index (κ1) is 22.8. The number of phenolic OH excluding ortho intramolecular Hbond substituents is 2. The van der Waals surface area contributed by atoms with Gasteiger partial charge in [-0.05, 0) is 35.4 Å². The van der Waals surface area contributed by atoms with E-state index in [0.717, 1.165) is 0 Å². The lowest BCUT2D eigenvalue weighted by molar-refractivity contribution is -0.179. The van der Waals surface area contributed by atoms with Gasteiger partial charge in [-0.2, -0.15) is 0 Å². The second-order valence-electron chi connectivity index (χ2n) is 6.15. The van der Waals surface area contributed by atoms with Crippen molar-refractivity contribution in [3.63, 3.8) is 0 Å². The molecule has 30 heavy (non-hydrogen) atoms. The molecule has 0 saturated heterocycles. The van der Waals surface area contributed by atoms with Crippen LogP contribution < -0.4 is 9.47 Å². The van der Waals surface area contributed by atoms with E-state index in [1.165, 1.54) is 50.6 Å². The molecule has 0 bridgehead atoms. The quantitative estimate of drug-likeness (QED) is 0.421. The summed E-state index contributed by atoms with van der Waals surface area (Å²) in [5.41, 5.74) is 0.923. The van der Waals surface area contributed by atoms with Crippen LogP contribution in [0, 0.1) is 0 Å². The molecule has 2 aromatic rings. The number of methoxy groups -OCH3 is 2. The van der Waals surface area contributed by atoms with Gasteiger partial charge in [-0.25, -0.2) is 9.59 Å². The average molecular weight is 422 g/mol. The zero-order valence-corrected chi connectivity index (χ0v) is 16.3. The average Bonchev–Trinajstić information content (AvgIpc) is 2.71. The molecule has 0 heterocycles. The Labute approximate surface area is 171 Å². The van der Waals surface area contributed by atoms with Gasteiger partial charge in [0.2, 0.25) is 0 Å². The highest BCUT2D eigenvalue weighted by Gasteiger charge is 2.36. The molecule has 0 unspecified atom stereocenters.